The molecule has 6 nitrogen and oxygen atoms in total. The van der Waals surface area contributed by atoms with Crippen LogP contribution in [0.2, 0.25) is 0 Å². The van der Waals surface area contributed by atoms with Crippen LogP contribution in [0.3, 0.4) is 0 Å². The van der Waals surface area contributed by atoms with Crippen molar-refractivity contribution < 1.29 is 22.3 Å². The van der Waals surface area contributed by atoms with Crippen molar-refractivity contribution in [2.24, 2.45) is 5.14 Å². The summed E-state index contributed by atoms with van der Waals surface area (Å²) in [7, 11) is -2.34. The van der Waals surface area contributed by atoms with Crippen molar-refractivity contribution in [2.45, 2.75) is 17.1 Å². The molecule has 0 bridgehead atoms. The third-order valence-corrected chi connectivity index (χ3v) is 5.38. The van der Waals surface area contributed by atoms with E-state index in [1.165, 1.54) is 49.2 Å². The summed E-state index contributed by atoms with van der Waals surface area (Å²) in [5.74, 6) is 0.742. The second-order valence-corrected chi connectivity index (χ2v) is 8.06. The molecule has 140 valence electrons. The number of amides is 1. The van der Waals surface area contributed by atoms with Crippen LogP contribution >= 0.6 is 11.8 Å². The predicted molar refractivity (Wildman–Crippen MR) is 100 cm³/mol. The first-order valence-electron chi connectivity index (χ1n) is 7.62. The van der Waals surface area contributed by atoms with Crippen LogP contribution in [-0.4, -0.2) is 27.2 Å². The summed E-state index contributed by atoms with van der Waals surface area (Å²) >= 11 is 1.51. The number of ether oxygens (including phenoxy) is 1. The minimum absolute atomic E-state index is 0.0159. The number of sulfonamides is 1. The lowest BCUT2D eigenvalue weighted by Gasteiger charge is -2.07. The fraction of sp³-hybridized carbons (Fsp3) is 0.235. The minimum Gasteiger partial charge on any atom is -0.494 e. The Morgan fingerprint density at radius 3 is 2.50 bits per heavy atom. The molecule has 0 unspecified atom stereocenters. The minimum atomic E-state index is -3.75. The molecule has 2 rings (SSSR count). The number of methoxy groups -OCH3 is 1. The average molecular weight is 398 g/mol. The van der Waals surface area contributed by atoms with E-state index in [0.29, 0.717) is 17.2 Å². The van der Waals surface area contributed by atoms with E-state index in [1.807, 2.05) is 0 Å². The van der Waals surface area contributed by atoms with Crippen molar-refractivity contribution in [3.63, 3.8) is 0 Å². The molecule has 0 radical (unpaired) electrons. The maximum absolute atomic E-state index is 13.6. The number of nitrogens with one attached hydrogen (secondary N) is 1. The summed E-state index contributed by atoms with van der Waals surface area (Å²) in [6, 6.07) is 10.4. The fourth-order valence-corrected chi connectivity index (χ4v) is 3.51. The Kier molecular flexibility index (Phi) is 7.01. The van der Waals surface area contributed by atoms with Gasteiger partial charge in [0.25, 0.3) is 0 Å². The molecule has 9 heteroatoms. The first-order chi connectivity index (χ1) is 12.3. The van der Waals surface area contributed by atoms with E-state index in [1.54, 1.807) is 12.1 Å². The van der Waals surface area contributed by atoms with Gasteiger partial charge >= 0.3 is 0 Å². The zero-order valence-electron chi connectivity index (χ0n) is 14.1. The molecular formula is C17H19FN2O4S2. The normalized spacial score (nSPS) is 11.2. The molecule has 0 saturated carbocycles. The lowest BCUT2D eigenvalue weighted by atomic mass is 10.2. The summed E-state index contributed by atoms with van der Waals surface area (Å²) < 4.78 is 40.8. The van der Waals surface area contributed by atoms with E-state index in [2.05, 4.69) is 5.32 Å². The molecule has 0 aliphatic heterocycles. The molecule has 1 amide bonds. The zero-order valence-corrected chi connectivity index (χ0v) is 15.7. The van der Waals surface area contributed by atoms with Crippen molar-refractivity contribution >= 4 is 33.4 Å². The van der Waals surface area contributed by atoms with Gasteiger partial charge < -0.3 is 10.1 Å². The van der Waals surface area contributed by atoms with Gasteiger partial charge in [0.05, 0.1) is 12.0 Å². The topological polar surface area (TPSA) is 98.5 Å². The third kappa shape index (κ3) is 6.01. The van der Waals surface area contributed by atoms with Crippen LogP contribution in [0.15, 0.2) is 47.4 Å². The zero-order chi connectivity index (χ0) is 19.2. The number of anilines is 1. The van der Waals surface area contributed by atoms with Crippen molar-refractivity contribution in [2.75, 3.05) is 18.2 Å². The Bertz CT molecular complexity index is 871. The van der Waals surface area contributed by atoms with Gasteiger partial charge in [0.15, 0.2) is 11.6 Å². The summed E-state index contributed by atoms with van der Waals surface area (Å²) in [5, 5.41) is 7.69. The number of halogens is 1. The average Bonchev–Trinajstić information content (AvgIpc) is 2.58. The second kappa shape index (κ2) is 9.02. The van der Waals surface area contributed by atoms with Gasteiger partial charge in [-0.3, -0.25) is 4.79 Å². The number of benzene rings is 2. The van der Waals surface area contributed by atoms with Gasteiger partial charge in [-0.25, -0.2) is 17.9 Å². The number of thioether (sulfide) groups is 1. The van der Waals surface area contributed by atoms with Gasteiger partial charge in [-0.2, -0.15) is 11.8 Å². The molecule has 0 saturated heterocycles. The second-order valence-electron chi connectivity index (χ2n) is 5.39. The largest absolute Gasteiger partial charge is 0.494 e. The molecule has 0 aliphatic rings. The van der Waals surface area contributed by atoms with Crippen LogP contribution in [0.4, 0.5) is 10.1 Å². The number of carbonyl (C=O) groups excluding carboxylic acids is 1. The standard InChI is InChI=1S/C17H19FN2O4S2/c1-24-16-7-2-12(10-15(16)18)11-25-9-8-17(21)20-13-3-5-14(6-4-13)26(19,22)23/h2-7,10H,8-9,11H2,1H3,(H,20,21)(H2,19,22,23). The summed E-state index contributed by atoms with van der Waals surface area (Å²) in [6.45, 7) is 0. The number of hydrogen-bond donors (Lipinski definition) is 2. The predicted octanol–water partition coefficient (Wildman–Crippen LogP) is 2.74. The van der Waals surface area contributed by atoms with Crippen LogP contribution in [0.25, 0.3) is 0 Å². The number of nitrogens with two attached hydrogens (primary N) is 1. The highest BCUT2D eigenvalue weighted by Crippen LogP contribution is 2.21. The third-order valence-electron chi connectivity index (χ3n) is 3.43. The quantitative estimate of drug-likeness (QED) is 0.666. The molecule has 0 atom stereocenters. The molecule has 2 aromatic carbocycles. The highest BCUT2D eigenvalue weighted by atomic mass is 32.2. The highest BCUT2D eigenvalue weighted by molar-refractivity contribution is 7.98. The lowest BCUT2D eigenvalue weighted by molar-refractivity contribution is -0.115. The molecule has 2 aromatic rings. The van der Waals surface area contributed by atoms with E-state index in [9.17, 15) is 17.6 Å². The number of primary sulfonamides is 1. The molecular weight excluding hydrogens is 379 g/mol. The Labute approximate surface area is 156 Å². The van der Waals surface area contributed by atoms with Crippen molar-refractivity contribution in [3.05, 3.63) is 53.8 Å². The van der Waals surface area contributed by atoms with E-state index in [-0.39, 0.29) is 23.0 Å². The van der Waals surface area contributed by atoms with Crippen molar-refractivity contribution in [1.29, 1.82) is 0 Å². The van der Waals surface area contributed by atoms with Gasteiger partial charge in [0, 0.05) is 23.6 Å². The first kappa shape index (κ1) is 20.2. The maximum Gasteiger partial charge on any atom is 0.238 e. The monoisotopic (exact) mass is 398 g/mol. The summed E-state index contributed by atoms with van der Waals surface area (Å²) in [4.78, 5) is 11.9. The molecule has 0 aliphatic carbocycles. The SMILES string of the molecule is COc1ccc(CSCCC(=O)Nc2ccc(S(N)(=O)=O)cc2)cc1F. The summed E-state index contributed by atoms with van der Waals surface area (Å²) in [5.41, 5.74) is 1.30. The maximum atomic E-state index is 13.6. The van der Waals surface area contributed by atoms with Crippen molar-refractivity contribution in [1.82, 2.24) is 0 Å². The smallest absolute Gasteiger partial charge is 0.238 e. The lowest BCUT2D eigenvalue weighted by Crippen LogP contribution is -2.14. The Balaban J connectivity index is 1.76. The highest BCUT2D eigenvalue weighted by Gasteiger charge is 2.08. The van der Waals surface area contributed by atoms with Crippen molar-refractivity contribution in [3.8, 4) is 5.75 Å². The van der Waals surface area contributed by atoms with Crippen LogP contribution in [0, 0.1) is 5.82 Å². The van der Waals surface area contributed by atoms with E-state index in [4.69, 9.17) is 9.88 Å². The van der Waals surface area contributed by atoms with Gasteiger partial charge in [-0.15, -0.1) is 0 Å². The van der Waals surface area contributed by atoms with Gasteiger partial charge in [0.1, 0.15) is 0 Å². The number of carbonyl (C=O) groups is 1. The molecule has 26 heavy (non-hydrogen) atoms. The fourth-order valence-electron chi connectivity index (χ4n) is 2.11. The number of hydrogen-bond acceptors (Lipinski definition) is 5. The first-order valence-corrected chi connectivity index (χ1v) is 10.3. The van der Waals surface area contributed by atoms with Gasteiger partial charge in [0.2, 0.25) is 15.9 Å². The van der Waals surface area contributed by atoms with E-state index < -0.39 is 15.8 Å². The molecule has 3 N–H and O–H groups in total. The molecule has 0 heterocycles. The summed E-state index contributed by atoms with van der Waals surface area (Å²) in [6.07, 6.45) is 0.278. The van der Waals surface area contributed by atoms with Crippen LogP contribution in [0.5, 0.6) is 5.75 Å². The molecule has 0 spiro atoms. The molecule has 0 aromatic heterocycles. The Hall–Kier alpha value is -2.10. The van der Waals surface area contributed by atoms with E-state index in [0.717, 1.165) is 5.56 Å². The van der Waals surface area contributed by atoms with Gasteiger partial charge in [-0.1, -0.05) is 6.07 Å². The van der Waals surface area contributed by atoms with Crippen LogP contribution < -0.4 is 15.2 Å². The number of rotatable bonds is 8. The Morgan fingerprint density at radius 2 is 1.92 bits per heavy atom. The van der Waals surface area contributed by atoms with Crippen LogP contribution in [0.1, 0.15) is 12.0 Å². The Morgan fingerprint density at radius 1 is 1.23 bits per heavy atom. The molecule has 0 fully saturated rings. The van der Waals surface area contributed by atoms with E-state index >= 15 is 0 Å². The van der Waals surface area contributed by atoms with Gasteiger partial charge in [-0.05, 0) is 42.0 Å². The van der Waals surface area contributed by atoms with Crippen LogP contribution in [-0.2, 0) is 20.6 Å².